The molecule has 0 aromatic carbocycles. The van der Waals surface area contributed by atoms with Crippen molar-refractivity contribution in [1.29, 1.82) is 0 Å². The van der Waals surface area contributed by atoms with Crippen LogP contribution in [0.1, 0.15) is 201 Å². The molecule has 0 aromatic heterocycles. The summed E-state index contributed by atoms with van der Waals surface area (Å²) >= 11 is 0. The van der Waals surface area contributed by atoms with Gasteiger partial charge in [-0.15, -0.1) is 0 Å². The molecule has 0 radical (unpaired) electrons. The molecule has 1 aliphatic rings. The number of carboxylic acid groups (broad SMARTS) is 1. The predicted octanol–water partition coefficient (Wildman–Crippen LogP) is 12.5. The minimum atomic E-state index is -0.630. The summed E-state index contributed by atoms with van der Waals surface area (Å²) in [4.78, 5) is 10.9. The molecule has 0 saturated heterocycles. The van der Waals surface area contributed by atoms with Crippen molar-refractivity contribution in [2.45, 2.75) is 201 Å². The minimum Gasteiger partial charge on any atom is -0.481 e. The van der Waals surface area contributed by atoms with E-state index in [1.165, 1.54) is 161 Å². The third-order valence-corrected chi connectivity index (χ3v) is 9.80. The zero-order chi connectivity index (χ0) is 27.7. The van der Waals surface area contributed by atoms with Crippen LogP contribution < -0.4 is 0 Å². The minimum absolute atomic E-state index is 0.351. The molecular weight excluding hydrogens is 464 g/mol. The topological polar surface area (TPSA) is 37.3 Å². The van der Waals surface area contributed by atoms with Gasteiger partial charge in [0, 0.05) is 6.42 Å². The van der Waals surface area contributed by atoms with Gasteiger partial charge in [0.1, 0.15) is 0 Å². The molecule has 1 saturated carbocycles. The Morgan fingerprint density at radius 1 is 0.447 bits per heavy atom. The van der Waals surface area contributed by atoms with Crippen LogP contribution in [0.25, 0.3) is 0 Å². The van der Waals surface area contributed by atoms with E-state index in [0.29, 0.717) is 6.42 Å². The van der Waals surface area contributed by atoms with E-state index in [4.69, 9.17) is 5.11 Å². The standard InChI is InChI=1S/C36H70O2/c1-4-7-10-13-16-21-26-33-30-32(25-20-15-12-9-6-3)35(28-23-18-19-24-29-36(37)38)31-34(33)27-22-17-14-11-8-5-2/h32-35H,4-31H2,1-3H3,(H,37,38). The van der Waals surface area contributed by atoms with E-state index in [9.17, 15) is 4.79 Å². The van der Waals surface area contributed by atoms with Gasteiger partial charge in [-0.3, -0.25) is 4.79 Å². The second-order valence-corrected chi connectivity index (χ2v) is 13.2. The number of aliphatic carboxylic acids is 1. The van der Waals surface area contributed by atoms with Gasteiger partial charge < -0.3 is 5.11 Å². The van der Waals surface area contributed by atoms with E-state index in [1.54, 1.807) is 0 Å². The molecule has 0 heterocycles. The maximum atomic E-state index is 10.9. The molecule has 0 bridgehead atoms. The Bertz CT molecular complexity index is 515. The highest BCUT2D eigenvalue weighted by molar-refractivity contribution is 5.66. The van der Waals surface area contributed by atoms with Gasteiger partial charge in [-0.25, -0.2) is 0 Å². The lowest BCUT2D eigenvalue weighted by atomic mass is 9.63. The molecule has 2 heteroatoms. The monoisotopic (exact) mass is 535 g/mol. The summed E-state index contributed by atoms with van der Waals surface area (Å²) in [5.74, 6) is 3.23. The molecule has 1 aliphatic carbocycles. The fraction of sp³-hybridized carbons (Fsp3) is 0.972. The highest BCUT2D eigenvalue weighted by Gasteiger charge is 2.35. The maximum Gasteiger partial charge on any atom is 0.303 e. The molecule has 4 atom stereocenters. The summed E-state index contributed by atoms with van der Waals surface area (Å²) in [6.07, 6.45) is 38.0. The van der Waals surface area contributed by atoms with Crippen LogP contribution in [0.4, 0.5) is 0 Å². The quantitative estimate of drug-likeness (QED) is 0.106. The summed E-state index contributed by atoms with van der Waals surface area (Å²) in [6, 6.07) is 0. The second-order valence-electron chi connectivity index (χ2n) is 13.2. The summed E-state index contributed by atoms with van der Waals surface area (Å²) in [6.45, 7) is 6.97. The SMILES string of the molecule is CCCCCCCCC1CC(CCCCCCC)C(CCCCCCC(=O)O)CC1CCCCCCCC. The van der Waals surface area contributed by atoms with E-state index < -0.39 is 5.97 Å². The lowest BCUT2D eigenvalue weighted by Gasteiger charge is -2.42. The molecule has 0 aliphatic heterocycles. The maximum absolute atomic E-state index is 10.9. The Balaban J connectivity index is 2.66. The predicted molar refractivity (Wildman–Crippen MR) is 168 cm³/mol. The molecule has 226 valence electrons. The van der Waals surface area contributed by atoms with E-state index in [1.807, 2.05) is 0 Å². The number of hydrogen-bond donors (Lipinski definition) is 1. The molecule has 2 nitrogen and oxygen atoms in total. The number of carboxylic acids is 1. The third-order valence-electron chi connectivity index (χ3n) is 9.80. The van der Waals surface area contributed by atoms with Crippen molar-refractivity contribution in [1.82, 2.24) is 0 Å². The lowest BCUT2D eigenvalue weighted by Crippen LogP contribution is -2.32. The normalized spacial score (nSPS) is 21.7. The largest absolute Gasteiger partial charge is 0.481 e. The van der Waals surface area contributed by atoms with Gasteiger partial charge in [0.15, 0.2) is 0 Å². The Morgan fingerprint density at radius 2 is 0.711 bits per heavy atom. The summed E-state index contributed by atoms with van der Waals surface area (Å²) in [7, 11) is 0. The fourth-order valence-corrected chi connectivity index (χ4v) is 7.38. The summed E-state index contributed by atoms with van der Waals surface area (Å²) in [5.41, 5.74) is 0. The van der Waals surface area contributed by atoms with Gasteiger partial charge >= 0.3 is 5.97 Å². The van der Waals surface area contributed by atoms with Gasteiger partial charge in [0.05, 0.1) is 0 Å². The fourth-order valence-electron chi connectivity index (χ4n) is 7.38. The van der Waals surface area contributed by atoms with Crippen molar-refractivity contribution < 1.29 is 9.90 Å². The molecular formula is C36H70O2. The van der Waals surface area contributed by atoms with Crippen molar-refractivity contribution in [3.05, 3.63) is 0 Å². The zero-order valence-electron chi connectivity index (χ0n) is 26.5. The number of unbranched alkanes of at least 4 members (excludes halogenated alkanes) is 17. The van der Waals surface area contributed by atoms with Crippen LogP contribution in [0.15, 0.2) is 0 Å². The molecule has 0 aromatic rings. The smallest absolute Gasteiger partial charge is 0.303 e. The number of carbonyl (C=O) groups is 1. The number of rotatable bonds is 27. The highest BCUT2D eigenvalue weighted by atomic mass is 16.4. The van der Waals surface area contributed by atoms with Gasteiger partial charge in [0.25, 0.3) is 0 Å². The van der Waals surface area contributed by atoms with E-state index in [0.717, 1.165) is 36.5 Å². The first-order chi connectivity index (χ1) is 18.6. The molecule has 1 rings (SSSR count). The molecule has 0 spiro atoms. The van der Waals surface area contributed by atoms with E-state index >= 15 is 0 Å². The van der Waals surface area contributed by atoms with Gasteiger partial charge in [-0.2, -0.15) is 0 Å². The van der Waals surface area contributed by atoms with Crippen LogP contribution in [-0.4, -0.2) is 11.1 Å². The molecule has 38 heavy (non-hydrogen) atoms. The summed E-state index contributed by atoms with van der Waals surface area (Å²) in [5, 5.41) is 8.95. The van der Waals surface area contributed by atoms with Gasteiger partial charge in [-0.1, -0.05) is 175 Å². The van der Waals surface area contributed by atoms with E-state index in [2.05, 4.69) is 20.8 Å². The van der Waals surface area contributed by atoms with Crippen molar-refractivity contribution in [2.24, 2.45) is 23.7 Å². The van der Waals surface area contributed by atoms with Crippen molar-refractivity contribution in [3.63, 3.8) is 0 Å². The van der Waals surface area contributed by atoms with E-state index in [-0.39, 0.29) is 0 Å². The third kappa shape index (κ3) is 18.7. The van der Waals surface area contributed by atoms with Crippen LogP contribution >= 0.6 is 0 Å². The van der Waals surface area contributed by atoms with Crippen LogP contribution in [0.5, 0.6) is 0 Å². The average molecular weight is 535 g/mol. The van der Waals surface area contributed by atoms with Crippen LogP contribution in [0.3, 0.4) is 0 Å². The van der Waals surface area contributed by atoms with Crippen molar-refractivity contribution in [3.8, 4) is 0 Å². The first-order valence-corrected chi connectivity index (χ1v) is 17.8. The zero-order valence-corrected chi connectivity index (χ0v) is 26.5. The van der Waals surface area contributed by atoms with Gasteiger partial charge in [0.2, 0.25) is 0 Å². The highest BCUT2D eigenvalue weighted by Crippen LogP contribution is 2.46. The molecule has 1 N–H and O–H groups in total. The van der Waals surface area contributed by atoms with Crippen molar-refractivity contribution >= 4 is 5.97 Å². The second kappa shape index (κ2) is 25.4. The Morgan fingerprint density at radius 3 is 1.00 bits per heavy atom. The number of hydrogen-bond acceptors (Lipinski definition) is 1. The first kappa shape index (κ1) is 35.5. The first-order valence-electron chi connectivity index (χ1n) is 17.8. The van der Waals surface area contributed by atoms with Crippen molar-refractivity contribution in [2.75, 3.05) is 0 Å². The molecule has 0 amide bonds. The van der Waals surface area contributed by atoms with Crippen LogP contribution in [0, 0.1) is 23.7 Å². The molecule has 1 fully saturated rings. The van der Waals surface area contributed by atoms with Crippen LogP contribution in [0.2, 0.25) is 0 Å². The Kier molecular flexibility index (Phi) is 23.8. The Hall–Kier alpha value is -0.530. The lowest BCUT2D eigenvalue weighted by molar-refractivity contribution is -0.137. The van der Waals surface area contributed by atoms with Gasteiger partial charge in [-0.05, 0) is 42.9 Å². The Labute approximate surface area is 239 Å². The molecule has 4 unspecified atom stereocenters. The summed E-state index contributed by atoms with van der Waals surface area (Å²) < 4.78 is 0. The average Bonchev–Trinajstić information content (AvgIpc) is 2.91. The van der Waals surface area contributed by atoms with Crippen LogP contribution in [-0.2, 0) is 4.79 Å².